The molecule has 1 N–H and O–H groups in total. The van der Waals surface area contributed by atoms with Crippen LogP contribution in [0.25, 0.3) is 5.65 Å². The van der Waals surface area contributed by atoms with Crippen LogP contribution in [0.3, 0.4) is 0 Å². The number of pyridine rings is 1. The number of fused-ring (bicyclic) bond motifs is 1. The summed E-state index contributed by atoms with van der Waals surface area (Å²) in [5.74, 6) is 0.129. The fraction of sp³-hybridized carbons (Fsp3) is 0.286. The normalized spacial score (nSPS) is 16.8. The summed E-state index contributed by atoms with van der Waals surface area (Å²) in [6.07, 6.45) is 4.66. The third-order valence-electron chi connectivity index (χ3n) is 5.09. The Hall–Kier alpha value is -3.17. The first kappa shape index (κ1) is 17.3. The molecule has 3 aromatic rings. The lowest BCUT2D eigenvalue weighted by molar-refractivity contribution is -0.129. The van der Waals surface area contributed by atoms with Crippen LogP contribution in [0.5, 0.6) is 0 Å². The number of carbonyl (C=O) groups is 1. The monoisotopic (exact) mass is 359 g/mol. The van der Waals surface area contributed by atoms with Gasteiger partial charge in [0.1, 0.15) is 5.65 Å². The molecule has 6 nitrogen and oxygen atoms in total. The number of carbonyl (C=O) groups excluding carboxylic acids is 1. The molecular formula is C21H21N5O. The number of benzene rings is 1. The highest BCUT2D eigenvalue weighted by atomic mass is 16.2. The highest BCUT2D eigenvalue weighted by Crippen LogP contribution is 2.17. The van der Waals surface area contributed by atoms with Crippen LogP contribution in [-0.4, -0.2) is 32.8 Å². The first-order chi connectivity index (χ1) is 13.2. The van der Waals surface area contributed by atoms with E-state index in [1.54, 1.807) is 12.1 Å². The Morgan fingerprint density at radius 2 is 2.11 bits per heavy atom. The molecule has 136 valence electrons. The summed E-state index contributed by atoms with van der Waals surface area (Å²) in [5, 5.41) is 12.3. The zero-order chi connectivity index (χ0) is 18.8. The van der Waals surface area contributed by atoms with Gasteiger partial charge in [0.2, 0.25) is 5.91 Å². The van der Waals surface area contributed by atoms with Crippen LogP contribution in [0.1, 0.15) is 28.8 Å². The minimum atomic E-state index is -0.168. The Morgan fingerprint density at radius 1 is 1.30 bits per heavy atom. The molecule has 1 unspecified atom stereocenters. The highest BCUT2D eigenvalue weighted by molar-refractivity contribution is 5.84. The van der Waals surface area contributed by atoms with Gasteiger partial charge in [0.15, 0.2) is 0 Å². The van der Waals surface area contributed by atoms with Gasteiger partial charge < -0.3 is 14.6 Å². The van der Waals surface area contributed by atoms with E-state index in [0.717, 1.165) is 35.4 Å². The Bertz CT molecular complexity index is 1020. The van der Waals surface area contributed by atoms with Gasteiger partial charge in [-0.15, -0.1) is 0 Å². The lowest BCUT2D eigenvalue weighted by atomic mass is 10.1. The molecule has 1 saturated heterocycles. The summed E-state index contributed by atoms with van der Waals surface area (Å²) < 4.78 is 2.07. The lowest BCUT2D eigenvalue weighted by Crippen LogP contribution is -2.37. The topological polar surface area (TPSA) is 73.4 Å². The third-order valence-corrected chi connectivity index (χ3v) is 5.09. The molecule has 0 spiro atoms. The first-order valence-corrected chi connectivity index (χ1v) is 9.08. The van der Waals surface area contributed by atoms with Crippen molar-refractivity contribution in [1.82, 2.24) is 19.6 Å². The van der Waals surface area contributed by atoms with Crippen molar-refractivity contribution in [3.05, 3.63) is 71.2 Å². The summed E-state index contributed by atoms with van der Waals surface area (Å²) in [7, 11) is 0. The lowest BCUT2D eigenvalue weighted by Gasteiger charge is -2.17. The largest absolute Gasteiger partial charge is 0.337 e. The molecular weight excluding hydrogens is 338 g/mol. The molecule has 3 heterocycles. The molecule has 6 heteroatoms. The quantitative estimate of drug-likeness (QED) is 0.759. The molecule has 4 rings (SSSR count). The van der Waals surface area contributed by atoms with E-state index < -0.39 is 0 Å². The standard InChI is InChI=1S/C21H21N5O/c1-15-3-2-9-26-18(13-24-20(15)26)12-23-19-8-10-25(21(19)27)14-17-6-4-16(11-22)5-7-17/h2-7,9,13,19,23H,8,10,12,14H2,1H3. The summed E-state index contributed by atoms with van der Waals surface area (Å²) >= 11 is 0. The van der Waals surface area contributed by atoms with E-state index >= 15 is 0 Å². The minimum Gasteiger partial charge on any atom is -0.337 e. The molecule has 1 aliphatic heterocycles. The van der Waals surface area contributed by atoms with Crippen LogP contribution in [0.2, 0.25) is 0 Å². The molecule has 1 atom stereocenters. The van der Waals surface area contributed by atoms with Crippen molar-refractivity contribution < 1.29 is 4.79 Å². The number of hydrogen-bond donors (Lipinski definition) is 1. The number of hydrogen-bond acceptors (Lipinski definition) is 4. The predicted molar refractivity (Wildman–Crippen MR) is 102 cm³/mol. The molecule has 1 aromatic carbocycles. The second-order valence-electron chi connectivity index (χ2n) is 6.93. The first-order valence-electron chi connectivity index (χ1n) is 9.08. The van der Waals surface area contributed by atoms with Gasteiger partial charge in [-0.2, -0.15) is 5.26 Å². The maximum atomic E-state index is 12.7. The van der Waals surface area contributed by atoms with Gasteiger partial charge in [-0.25, -0.2) is 4.98 Å². The zero-order valence-corrected chi connectivity index (χ0v) is 15.2. The Labute approximate surface area is 158 Å². The summed E-state index contributed by atoms with van der Waals surface area (Å²) in [4.78, 5) is 19.0. The van der Waals surface area contributed by atoms with Gasteiger partial charge in [-0.1, -0.05) is 18.2 Å². The number of nitrogens with zero attached hydrogens (tertiary/aromatic N) is 4. The van der Waals surface area contributed by atoms with Crippen LogP contribution < -0.4 is 5.32 Å². The average Bonchev–Trinajstić information content (AvgIpc) is 3.26. The van der Waals surface area contributed by atoms with Crippen molar-refractivity contribution in [2.24, 2.45) is 0 Å². The summed E-state index contributed by atoms with van der Waals surface area (Å²) in [6.45, 7) is 3.97. The summed E-state index contributed by atoms with van der Waals surface area (Å²) in [5.41, 5.74) is 4.81. The van der Waals surface area contributed by atoms with Crippen LogP contribution in [-0.2, 0) is 17.9 Å². The molecule has 0 saturated carbocycles. The van der Waals surface area contributed by atoms with Crippen LogP contribution in [0, 0.1) is 18.3 Å². The van der Waals surface area contributed by atoms with Crippen molar-refractivity contribution in [2.45, 2.75) is 32.5 Å². The van der Waals surface area contributed by atoms with Crippen LogP contribution >= 0.6 is 0 Å². The highest BCUT2D eigenvalue weighted by Gasteiger charge is 2.31. The van der Waals surface area contributed by atoms with E-state index in [0.29, 0.717) is 18.7 Å². The third kappa shape index (κ3) is 3.42. The second kappa shape index (κ2) is 7.22. The second-order valence-corrected chi connectivity index (χ2v) is 6.93. The van der Waals surface area contributed by atoms with Crippen molar-refractivity contribution >= 4 is 11.6 Å². The fourth-order valence-corrected chi connectivity index (χ4v) is 3.55. The van der Waals surface area contributed by atoms with E-state index in [1.165, 1.54) is 0 Å². The van der Waals surface area contributed by atoms with Gasteiger partial charge in [-0.05, 0) is 42.7 Å². The Kier molecular flexibility index (Phi) is 4.61. The van der Waals surface area contributed by atoms with E-state index in [9.17, 15) is 4.79 Å². The number of aryl methyl sites for hydroxylation is 1. The number of likely N-dealkylation sites (tertiary alicyclic amines) is 1. The summed E-state index contributed by atoms with van der Waals surface area (Å²) in [6, 6.07) is 13.4. The van der Waals surface area contributed by atoms with Gasteiger partial charge in [0.25, 0.3) is 0 Å². The van der Waals surface area contributed by atoms with E-state index in [4.69, 9.17) is 5.26 Å². The molecule has 1 aliphatic rings. The van der Waals surface area contributed by atoms with Gasteiger partial charge in [-0.3, -0.25) is 4.79 Å². The van der Waals surface area contributed by atoms with Crippen LogP contribution in [0.4, 0.5) is 0 Å². The number of nitriles is 1. The van der Waals surface area contributed by atoms with E-state index in [-0.39, 0.29) is 11.9 Å². The smallest absolute Gasteiger partial charge is 0.240 e. The molecule has 0 radical (unpaired) electrons. The molecule has 1 fully saturated rings. The van der Waals surface area contributed by atoms with Crippen LogP contribution in [0.15, 0.2) is 48.8 Å². The maximum Gasteiger partial charge on any atom is 0.240 e. The van der Waals surface area contributed by atoms with Gasteiger partial charge >= 0.3 is 0 Å². The maximum absolute atomic E-state index is 12.7. The molecule has 0 aliphatic carbocycles. The van der Waals surface area contributed by atoms with Crippen molar-refractivity contribution in [2.75, 3.05) is 6.54 Å². The molecule has 2 aromatic heterocycles. The number of imidazole rings is 1. The number of aromatic nitrogens is 2. The van der Waals surface area contributed by atoms with Crippen molar-refractivity contribution in [3.8, 4) is 6.07 Å². The predicted octanol–water partition coefficient (Wildman–Crippen LogP) is 2.41. The van der Waals surface area contributed by atoms with Crippen molar-refractivity contribution in [3.63, 3.8) is 0 Å². The van der Waals surface area contributed by atoms with E-state index in [2.05, 4.69) is 20.8 Å². The van der Waals surface area contributed by atoms with Gasteiger partial charge in [0.05, 0.1) is 29.6 Å². The fourth-order valence-electron chi connectivity index (χ4n) is 3.55. The number of amides is 1. The molecule has 0 bridgehead atoms. The minimum absolute atomic E-state index is 0.129. The Balaban J connectivity index is 1.38. The van der Waals surface area contributed by atoms with Gasteiger partial charge in [0, 0.05) is 25.8 Å². The number of nitrogens with one attached hydrogen (secondary N) is 1. The zero-order valence-electron chi connectivity index (χ0n) is 15.2. The molecule has 1 amide bonds. The van der Waals surface area contributed by atoms with Crippen molar-refractivity contribution in [1.29, 1.82) is 5.26 Å². The molecule has 27 heavy (non-hydrogen) atoms. The van der Waals surface area contributed by atoms with E-state index in [1.807, 2.05) is 48.5 Å². The SMILES string of the molecule is Cc1cccn2c(CNC3CCN(Cc4ccc(C#N)cc4)C3=O)cnc12. The average molecular weight is 359 g/mol. The Morgan fingerprint density at radius 3 is 2.89 bits per heavy atom. The number of rotatable bonds is 5.